The molecule has 0 aliphatic rings. The summed E-state index contributed by atoms with van der Waals surface area (Å²) in [4.78, 5) is 32.6. The molecule has 0 saturated heterocycles. The van der Waals surface area contributed by atoms with Gasteiger partial charge in [-0.25, -0.2) is 9.78 Å². The normalized spacial score (nSPS) is 12.2. The Bertz CT molecular complexity index is 796. The Morgan fingerprint density at radius 2 is 1.61 bits per heavy atom. The van der Waals surface area contributed by atoms with E-state index in [4.69, 9.17) is 0 Å². The van der Waals surface area contributed by atoms with Gasteiger partial charge >= 0.3 is 5.69 Å². The van der Waals surface area contributed by atoms with Crippen LogP contribution in [-0.4, -0.2) is 24.2 Å². The highest BCUT2D eigenvalue weighted by atomic mass is 16.3. The molecule has 0 atom stereocenters. The van der Waals surface area contributed by atoms with Gasteiger partial charge in [0.15, 0.2) is 5.65 Å². The van der Waals surface area contributed by atoms with Crippen LogP contribution in [0.25, 0.3) is 11.2 Å². The summed E-state index contributed by atoms with van der Waals surface area (Å²) in [6.45, 7) is 8.48. The molecule has 0 aliphatic heterocycles. The lowest BCUT2D eigenvalue weighted by atomic mass is 9.97. The number of imidazole rings is 1. The Morgan fingerprint density at radius 1 is 1.04 bits per heavy atom. The topological polar surface area (TPSA) is 92.9 Å². The van der Waals surface area contributed by atoms with Crippen molar-refractivity contribution in [2.75, 3.05) is 0 Å². The molecule has 128 valence electrons. The van der Waals surface area contributed by atoms with Crippen molar-refractivity contribution < 1.29 is 5.11 Å². The highest BCUT2D eigenvalue weighted by Gasteiger charge is 2.30. The molecule has 23 heavy (non-hydrogen) atoms. The summed E-state index contributed by atoms with van der Waals surface area (Å²) in [5.41, 5.74) is -1.19. The Morgan fingerprint density at radius 3 is 2.13 bits per heavy atom. The van der Waals surface area contributed by atoms with Crippen LogP contribution in [0.2, 0.25) is 0 Å². The van der Waals surface area contributed by atoms with Crippen molar-refractivity contribution >= 4 is 11.2 Å². The predicted molar refractivity (Wildman–Crippen MR) is 89.7 cm³/mol. The summed E-state index contributed by atoms with van der Waals surface area (Å²) in [6.07, 6.45) is 2.41. The number of nitrogens with one attached hydrogen (secondary N) is 1. The molecule has 2 heterocycles. The average Bonchev–Trinajstić information content (AvgIpc) is 3.00. The maximum absolute atomic E-state index is 12.6. The number of rotatable bonds is 7. The number of nitrogens with zero attached hydrogens (tertiary/aromatic N) is 3. The molecule has 0 radical (unpaired) electrons. The van der Waals surface area contributed by atoms with Gasteiger partial charge in [-0.15, -0.1) is 0 Å². The molecule has 0 unspecified atom stereocenters. The molecular formula is C16H26N4O3. The first-order valence-electron chi connectivity index (χ1n) is 8.39. The fourth-order valence-corrected chi connectivity index (χ4v) is 2.82. The van der Waals surface area contributed by atoms with Crippen molar-refractivity contribution in [2.45, 2.75) is 72.1 Å². The number of aromatic amines is 1. The largest absolute Gasteiger partial charge is 0.382 e. The predicted octanol–water partition coefficient (Wildman–Crippen LogP) is 1.71. The molecule has 2 aromatic heterocycles. The SMILES string of the molecule is CCCn1c(=O)c2[nH]c(C(O)(CC)CC)nc2n(CCC)c1=O. The number of aryl methyl sites for hydroxylation is 1. The van der Waals surface area contributed by atoms with Gasteiger partial charge in [-0.2, -0.15) is 0 Å². The van der Waals surface area contributed by atoms with Crippen molar-refractivity contribution in [3.63, 3.8) is 0 Å². The maximum atomic E-state index is 12.6. The van der Waals surface area contributed by atoms with Crippen LogP contribution in [0.3, 0.4) is 0 Å². The number of aromatic nitrogens is 4. The molecule has 7 heteroatoms. The van der Waals surface area contributed by atoms with Crippen LogP contribution in [-0.2, 0) is 18.7 Å². The van der Waals surface area contributed by atoms with Crippen LogP contribution in [0.1, 0.15) is 59.2 Å². The average molecular weight is 322 g/mol. The van der Waals surface area contributed by atoms with Gasteiger partial charge in [0.1, 0.15) is 16.9 Å². The van der Waals surface area contributed by atoms with Gasteiger partial charge in [-0.05, 0) is 25.7 Å². The molecule has 0 aromatic carbocycles. The first-order valence-corrected chi connectivity index (χ1v) is 8.39. The van der Waals surface area contributed by atoms with E-state index < -0.39 is 5.60 Å². The minimum absolute atomic E-state index is 0.293. The number of hydrogen-bond acceptors (Lipinski definition) is 4. The van der Waals surface area contributed by atoms with Crippen LogP contribution in [0.5, 0.6) is 0 Å². The number of hydrogen-bond donors (Lipinski definition) is 2. The van der Waals surface area contributed by atoms with E-state index in [2.05, 4.69) is 9.97 Å². The van der Waals surface area contributed by atoms with E-state index in [1.54, 1.807) is 0 Å². The fourth-order valence-electron chi connectivity index (χ4n) is 2.82. The third-order valence-electron chi connectivity index (χ3n) is 4.37. The fraction of sp³-hybridized carbons (Fsp3) is 0.688. The van der Waals surface area contributed by atoms with Crippen molar-refractivity contribution in [3.8, 4) is 0 Å². The summed E-state index contributed by atoms with van der Waals surface area (Å²) >= 11 is 0. The van der Waals surface area contributed by atoms with Gasteiger partial charge in [0.05, 0.1) is 0 Å². The zero-order valence-corrected chi connectivity index (χ0v) is 14.3. The second-order valence-corrected chi connectivity index (χ2v) is 5.91. The molecular weight excluding hydrogens is 296 g/mol. The van der Waals surface area contributed by atoms with Crippen LogP contribution in [0.4, 0.5) is 0 Å². The van der Waals surface area contributed by atoms with Crippen LogP contribution in [0.15, 0.2) is 9.59 Å². The molecule has 7 nitrogen and oxygen atoms in total. The van der Waals surface area contributed by atoms with Gasteiger partial charge in [-0.3, -0.25) is 13.9 Å². The summed E-state index contributed by atoms with van der Waals surface area (Å²) in [5.74, 6) is 0.355. The second kappa shape index (κ2) is 6.70. The zero-order chi connectivity index (χ0) is 17.2. The molecule has 0 saturated carbocycles. The van der Waals surface area contributed by atoms with Crippen molar-refractivity contribution in [1.29, 1.82) is 0 Å². The lowest BCUT2D eigenvalue weighted by molar-refractivity contribution is 0.0204. The second-order valence-electron chi connectivity index (χ2n) is 5.91. The molecule has 2 aromatic rings. The quantitative estimate of drug-likeness (QED) is 0.811. The van der Waals surface area contributed by atoms with E-state index in [-0.39, 0.29) is 11.2 Å². The van der Waals surface area contributed by atoms with Gasteiger partial charge in [0.2, 0.25) is 0 Å². The highest BCUT2D eigenvalue weighted by Crippen LogP contribution is 2.26. The lowest BCUT2D eigenvalue weighted by Crippen LogP contribution is -2.40. The van der Waals surface area contributed by atoms with Crippen molar-refractivity contribution in [2.24, 2.45) is 0 Å². The molecule has 0 amide bonds. The van der Waals surface area contributed by atoms with Gasteiger partial charge in [0.25, 0.3) is 5.56 Å². The van der Waals surface area contributed by atoms with Crippen molar-refractivity contribution in [1.82, 2.24) is 19.1 Å². The molecule has 0 aliphatic carbocycles. The smallest absolute Gasteiger partial charge is 0.332 e. The summed E-state index contributed by atoms with van der Waals surface area (Å²) in [7, 11) is 0. The molecule has 2 rings (SSSR count). The number of fused-ring (bicyclic) bond motifs is 1. The highest BCUT2D eigenvalue weighted by molar-refractivity contribution is 5.70. The Balaban J connectivity index is 2.83. The maximum Gasteiger partial charge on any atom is 0.332 e. The number of H-pyrrole nitrogens is 1. The minimum atomic E-state index is -1.12. The number of aliphatic hydroxyl groups is 1. The monoisotopic (exact) mass is 322 g/mol. The van der Waals surface area contributed by atoms with Gasteiger partial charge in [0, 0.05) is 13.1 Å². The third kappa shape index (κ3) is 2.85. The third-order valence-corrected chi connectivity index (χ3v) is 4.37. The van der Waals surface area contributed by atoms with Gasteiger partial charge in [-0.1, -0.05) is 27.7 Å². The van der Waals surface area contributed by atoms with E-state index in [0.29, 0.717) is 49.3 Å². The Labute approximate surface area is 135 Å². The molecule has 0 fully saturated rings. The van der Waals surface area contributed by atoms with E-state index in [0.717, 1.165) is 6.42 Å². The zero-order valence-electron chi connectivity index (χ0n) is 14.3. The molecule has 2 N–H and O–H groups in total. The summed E-state index contributed by atoms with van der Waals surface area (Å²) in [6, 6.07) is 0. The van der Waals surface area contributed by atoms with E-state index in [1.165, 1.54) is 9.13 Å². The van der Waals surface area contributed by atoms with Crippen molar-refractivity contribution in [3.05, 3.63) is 26.7 Å². The summed E-state index contributed by atoms with van der Waals surface area (Å²) in [5, 5.41) is 10.7. The van der Waals surface area contributed by atoms with Crippen LogP contribution < -0.4 is 11.2 Å². The Hall–Kier alpha value is -1.89. The minimum Gasteiger partial charge on any atom is -0.382 e. The van der Waals surface area contributed by atoms with Gasteiger partial charge < -0.3 is 10.1 Å². The summed E-state index contributed by atoms with van der Waals surface area (Å²) < 4.78 is 2.77. The Kier molecular flexibility index (Phi) is 5.09. The molecule has 0 spiro atoms. The van der Waals surface area contributed by atoms with E-state index in [9.17, 15) is 14.7 Å². The van der Waals surface area contributed by atoms with E-state index in [1.807, 2.05) is 27.7 Å². The first-order chi connectivity index (χ1) is 10.9. The standard InChI is InChI=1S/C16H26N4O3/c1-5-9-19-12-11(13(21)20(10-6-2)15(19)22)17-14(18-12)16(23,7-3)8-4/h23H,5-10H2,1-4H3,(H,17,18). The van der Waals surface area contributed by atoms with E-state index >= 15 is 0 Å². The molecule has 0 bridgehead atoms. The lowest BCUT2D eigenvalue weighted by Gasteiger charge is -2.21. The first kappa shape index (κ1) is 17.5. The van der Waals surface area contributed by atoms with Crippen LogP contribution in [0, 0.1) is 0 Å². The van der Waals surface area contributed by atoms with Crippen LogP contribution >= 0.6 is 0 Å².